The summed E-state index contributed by atoms with van der Waals surface area (Å²) in [6.07, 6.45) is 1.26. The van der Waals surface area contributed by atoms with Gasteiger partial charge in [-0.3, -0.25) is 4.79 Å². The predicted octanol–water partition coefficient (Wildman–Crippen LogP) is 1.88. The van der Waals surface area contributed by atoms with Gasteiger partial charge in [0, 0.05) is 18.3 Å². The molecule has 0 radical (unpaired) electrons. The van der Waals surface area contributed by atoms with Gasteiger partial charge in [0.15, 0.2) is 0 Å². The molecule has 2 N–H and O–H groups in total. The zero-order valence-electron chi connectivity index (χ0n) is 11.0. The van der Waals surface area contributed by atoms with Crippen LogP contribution in [0.15, 0.2) is 0 Å². The summed E-state index contributed by atoms with van der Waals surface area (Å²) in [6.45, 7) is 9.75. The maximum absolute atomic E-state index is 11.3. The van der Waals surface area contributed by atoms with Crippen LogP contribution >= 0.6 is 11.8 Å². The number of amides is 1. The zero-order chi connectivity index (χ0) is 12.4. The van der Waals surface area contributed by atoms with Gasteiger partial charge in [-0.05, 0) is 18.1 Å². The number of hydrogen-bond donors (Lipinski definition) is 2. The normalized spacial score (nSPS) is 11.1. The van der Waals surface area contributed by atoms with Gasteiger partial charge in [-0.2, -0.15) is 11.8 Å². The van der Waals surface area contributed by atoms with Crippen molar-refractivity contribution >= 4 is 17.7 Å². The molecule has 0 rings (SSSR count). The van der Waals surface area contributed by atoms with Crippen molar-refractivity contribution in [2.45, 2.75) is 40.2 Å². The van der Waals surface area contributed by atoms with E-state index < -0.39 is 0 Å². The van der Waals surface area contributed by atoms with Crippen LogP contribution in [-0.2, 0) is 4.79 Å². The molecule has 0 aromatic carbocycles. The third kappa shape index (κ3) is 11.9. The number of carbonyl (C=O) groups excluding carboxylic acids is 1. The summed E-state index contributed by atoms with van der Waals surface area (Å²) < 4.78 is 0. The van der Waals surface area contributed by atoms with Crippen LogP contribution in [0.5, 0.6) is 0 Å². The van der Waals surface area contributed by atoms with E-state index in [4.69, 9.17) is 0 Å². The van der Waals surface area contributed by atoms with Crippen LogP contribution in [0.4, 0.5) is 0 Å². The van der Waals surface area contributed by atoms with E-state index in [1.165, 1.54) is 12.2 Å². The quantitative estimate of drug-likeness (QED) is 0.610. The second-order valence-electron chi connectivity index (χ2n) is 4.68. The molecule has 3 nitrogen and oxygen atoms in total. The molecule has 0 unspecified atom stereocenters. The fourth-order valence-corrected chi connectivity index (χ4v) is 2.13. The monoisotopic (exact) mass is 246 g/mol. The van der Waals surface area contributed by atoms with Gasteiger partial charge >= 0.3 is 0 Å². The average Bonchev–Trinajstić information content (AvgIpc) is 2.19. The Morgan fingerprint density at radius 1 is 1.19 bits per heavy atom. The number of thioether (sulfide) groups is 1. The lowest BCUT2D eigenvalue weighted by molar-refractivity contribution is -0.120. The van der Waals surface area contributed by atoms with Crippen molar-refractivity contribution in [2.24, 2.45) is 5.92 Å². The van der Waals surface area contributed by atoms with E-state index in [0.29, 0.717) is 12.6 Å². The van der Waals surface area contributed by atoms with Crippen LogP contribution in [0.3, 0.4) is 0 Å². The molecule has 0 aliphatic carbocycles. The van der Waals surface area contributed by atoms with Gasteiger partial charge in [0.1, 0.15) is 0 Å². The predicted molar refractivity (Wildman–Crippen MR) is 72.9 cm³/mol. The van der Waals surface area contributed by atoms with Crippen LogP contribution < -0.4 is 10.6 Å². The molecule has 0 spiro atoms. The first-order valence-corrected chi connectivity index (χ1v) is 7.25. The standard InChI is InChI=1S/C12H26N2OS/c1-10(2)5-7-16-8-6-13-12(15)9-14-11(3)4/h10-11,14H,5-9H2,1-4H3,(H,13,15). The Balaban J connectivity index is 3.21. The van der Waals surface area contributed by atoms with Gasteiger partial charge in [0.25, 0.3) is 0 Å². The topological polar surface area (TPSA) is 41.1 Å². The molecule has 0 saturated heterocycles. The summed E-state index contributed by atoms with van der Waals surface area (Å²) in [4.78, 5) is 11.3. The Morgan fingerprint density at radius 2 is 1.88 bits per heavy atom. The molecule has 16 heavy (non-hydrogen) atoms. The van der Waals surface area contributed by atoms with E-state index in [-0.39, 0.29) is 5.91 Å². The Bertz CT molecular complexity index is 184. The van der Waals surface area contributed by atoms with Gasteiger partial charge in [0.2, 0.25) is 5.91 Å². The number of hydrogen-bond acceptors (Lipinski definition) is 3. The Morgan fingerprint density at radius 3 is 2.44 bits per heavy atom. The molecule has 4 heteroatoms. The summed E-state index contributed by atoms with van der Waals surface area (Å²) >= 11 is 1.91. The van der Waals surface area contributed by atoms with Crippen molar-refractivity contribution in [3.63, 3.8) is 0 Å². The molecule has 0 aliphatic rings. The molecule has 0 aromatic heterocycles. The molecular formula is C12H26N2OS. The lowest BCUT2D eigenvalue weighted by atomic mass is 10.2. The van der Waals surface area contributed by atoms with Crippen molar-refractivity contribution in [2.75, 3.05) is 24.6 Å². The molecule has 0 heterocycles. The third-order valence-electron chi connectivity index (χ3n) is 2.08. The van der Waals surface area contributed by atoms with Crippen LogP contribution in [0.1, 0.15) is 34.1 Å². The maximum atomic E-state index is 11.3. The molecule has 1 amide bonds. The fraction of sp³-hybridized carbons (Fsp3) is 0.917. The van der Waals surface area contributed by atoms with Gasteiger partial charge in [0.05, 0.1) is 6.54 Å². The minimum atomic E-state index is 0.0955. The van der Waals surface area contributed by atoms with Gasteiger partial charge < -0.3 is 10.6 Å². The lowest BCUT2D eigenvalue weighted by Gasteiger charge is -2.09. The van der Waals surface area contributed by atoms with E-state index >= 15 is 0 Å². The minimum Gasteiger partial charge on any atom is -0.354 e. The van der Waals surface area contributed by atoms with Crippen LogP contribution in [0.2, 0.25) is 0 Å². The van der Waals surface area contributed by atoms with Gasteiger partial charge in [-0.15, -0.1) is 0 Å². The molecule has 0 bridgehead atoms. The van der Waals surface area contributed by atoms with E-state index in [1.807, 2.05) is 25.6 Å². The molecule has 0 aliphatic heterocycles. The van der Waals surface area contributed by atoms with Crippen molar-refractivity contribution in [3.05, 3.63) is 0 Å². The second kappa shape index (κ2) is 9.97. The fourth-order valence-electron chi connectivity index (χ4n) is 1.04. The van der Waals surface area contributed by atoms with Crippen LogP contribution in [0.25, 0.3) is 0 Å². The second-order valence-corrected chi connectivity index (χ2v) is 5.91. The highest BCUT2D eigenvalue weighted by Crippen LogP contribution is 2.07. The molecule has 96 valence electrons. The van der Waals surface area contributed by atoms with Crippen LogP contribution in [-0.4, -0.2) is 36.5 Å². The van der Waals surface area contributed by atoms with E-state index in [0.717, 1.165) is 18.2 Å². The van der Waals surface area contributed by atoms with E-state index in [2.05, 4.69) is 24.5 Å². The van der Waals surface area contributed by atoms with Crippen molar-refractivity contribution in [1.82, 2.24) is 10.6 Å². The van der Waals surface area contributed by atoms with Crippen molar-refractivity contribution in [1.29, 1.82) is 0 Å². The van der Waals surface area contributed by atoms with Crippen molar-refractivity contribution in [3.8, 4) is 0 Å². The first kappa shape index (κ1) is 15.8. The highest BCUT2D eigenvalue weighted by Gasteiger charge is 2.01. The minimum absolute atomic E-state index is 0.0955. The largest absolute Gasteiger partial charge is 0.354 e. The van der Waals surface area contributed by atoms with Gasteiger partial charge in [-0.1, -0.05) is 27.7 Å². The average molecular weight is 246 g/mol. The molecule has 0 fully saturated rings. The zero-order valence-corrected chi connectivity index (χ0v) is 11.8. The molecule has 0 atom stereocenters. The molecule has 0 saturated carbocycles. The Hall–Kier alpha value is -0.220. The van der Waals surface area contributed by atoms with Gasteiger partial charge in [-0.25, -0.2) is 0 Å². The summed E-state index contributed by atoms with van der Waals surface area (Å²) in [5.41, 5.74) is 0. The van der Waals surface area contributed by atoms with Crippen LogP contribution in [0, 0.1) is 5.92 Å². The summed E-state index contributed by atoms with van der Waals surface area (Å²) in [7, 11) is 0. The maximum Gasteiger partial charge on any atom is 0.233 e. The number of nitrogens with one attached hydrogen (secondary N) is 2. The third-order valence-corrected chi connectivity index (χ3v) is 3.10. The smallest absolute Gasteiger partial charge is 0.233 e. The van der Waals surface area contributed by atoms with E-state index in [9.17, 15) is 4.79 Å². The first-order valence-electron chi connectivity index (χ1n) is 6.10. The molecule has 0 aromatic rings. The summed E-state index contributed by atoms with van der Waals surface area (Å²) in [6, 6.07) is 0.367. The lowest BCUT2D eigenvalue weighted by Crippen LogP contribution is -2.37. The first-order chi connectivity index (χ1) is 7.52. The number of carbonyl (C=O) groups is 1. The highest BCUT2D eigenvalue weighted by molar-refractivity contribution is 7.99. The summed E-state index contributed by atoms with van der Waals surface area (Å²) in [5, 5.41) is 6.00. The Labute approximate surface area is 104 Å². The number of rotatable bonds is 9. The SMILES string of the molecule is CC(C)CCSCCNC(=O)CNC(C)C. The highest BCUT2D eigenvalue weighted by atomic mass is 32.2. The summed E-state index contributed by atoms with van der Waals surface area (Å²) in [5.74, 6) is 3.08. The van der Waals surface area contributed by atoms with Crippen molar-refractivity contribution < 1.29 is 4.79 Å². The molecular weight excluding hydrogens is 220 g/mol. The Kier molecular flexibility index (Phi) is 9.83. The van der Waals surface area contributed by atoms with E-state index in [1.54, 1.807) is 0 Å².